The zero-order valence-corrected chi connectivity index (χ0v) is 12.5. The van der Waals surface area contributed by atoms with Crippen LogP contribution in [0.3, 0.4) is 0 Å². The highest BCUT2D eigenvalue weighted by Gasteiger charge is 2.28. The number of benzene rings is 2. The van der Waals surface area contributed by atoms with Crippen molar-refractivity contribution in [3.8, 4) is 11.5 Å². The maximum absolute atomic E-state index is 12.5. The van der Waals surface area contributed by atoms with E-state index in [2.05, 4.69) is 6.58 Å². The molecule has 1 aliphatic rings. The van der Waals surface area contributed by atoms with Gasteiger partial charge in [-0.15, -0.1) is 6.58 Å². The van der Waals surface area contributed by atoms with E-state index < -0.39 is 0 Å². The standard InChI is InChI=1S/C19H18O3/c1-3-7-14-10-15-16(20)11-18(13-8-5-4-6-9-13)22-19(15)12-17(14)21-2/h3-6,8-10,12,18H,1,7,11H2,2H3. The number of ketones is 1. The topological polar surface area (TPSA) is 35.5 Å². The Kier molecular flexibility index (Phi) is 3.96. The molecule has 1 aliphatic heterocycles. The number of carbonyl (C=O) groups excluding carboxylic acids is 1. The molecular formula is C19H18O3. The fourth-order valence-electron chi connectivity index (χ4n) is 2.75. The summed E-state index contributed by atoms with van der Waals surface area (Å²) in [6.07, 6.45) is 2.57. The van der Waals surface area contributed by atoms with Gasteiger partial charge in [0.2, 0.25) is 0 Å². The normalized spacial score (nSPS) is 16.6. The van der Waals surface area contributed by atoms with Crippen LogP contribution >= 0.6 is 0 Å². The van der Waals surface area contributed by atoms with Gasteiger partial charge in [-0.25, -0.2) is 0 Å². The molecule has 1 unspecified atom stereocenters. The lowest BCUT2D eigenvalue weighted by Crippen LogP contribution is -2.20. The molecule has 0 spiro atoms. The van der Waals surface area contributed by atoms with Crippen LogP contribution in [0.25, 0.3) is 0 Å². The van der Waals surface area contributed by atoms with Crippen LogP contribution in [-0.2, 0) is 6.42 Å². The third-order valence-corrected chi connectivity index (χ3v) is 3.86. The van der Waals surface area contributed by atoms with Gasteiger partial charge in [0.15, 0.2) is 5.78 Å². The molecule has 2 aromatic rings. The van der Waals surface area contributed by atoms with Crippen molar-refractivity contribution in [1.82, 2.24) is 0 Å². The molecule has 2 aromatic carbocycles. The second-order valence-electron chi connectivity index (χ2n) is 5.30. The first-order valence-corrected chi connectivity index (χ1v) is 7.29. The maximum atomic E-state index is 12.5. The van der Waals surface area contributed by atoms with Crippen LogP contribution in [0, 0.1) is 0 Å². The van der Waals surface area contributed by atoms with E-state index in [1.165, 1.54) is 0 Å². The zero-order chi connectivity index (χ0) is 15.5. The van der Waals surface area contributed by atoms with Crippen molar-refractivity contribution in [2.75, 3.05) is 7.11 Å². The second-order valence-corrected chi connectivity index (χ2v) is 5.30. The lowest BCUT2D eigenvalue weighted by molar-refractivity contribution is 0.0849. The summed E-state index contributed by atoms with van der Waals surface area (Å²) in [5.74, 6) is 1.41. The number of rotatable bonds is 4. The van der Waals surface area contributed by atoms with Crippen molar-refractivity contribution < 1.29 is 14.3 Å². The SMILES string of the molecule is C=CCc1cc2c(cc1OC)OC(c1ccccc1)CC2=O. The van der Waals surface area contributed by atoms with Crippen LogP contribution in [0.15, 0.2) is 55.1 Å². The molecular weight excluding hydrogens is 276 g/mol. The van der Waals surface area contributed by atoms with Crippen molar-refractivity contribution in [3.05, 3.63) is 71.8 Å². The fourth-order valence-corrected chi connectivity index (χ4v) is 2.75. The molecule has 0 radical (unpaired) electrons. The monoisotopic (exact) mass is 294 g/mol. The Morgan fingerprint density at radius 3 is 2.77 bits per heavy atom. The average molecular weight is 294 g/mol. The molecule has 112 valence electrons. The van der Waals surface area contributed by atoms with E-state index in [-0.39, 0.29) is 11.9 Å². The van der Waals surface area contributed by atoms with Crippen LogP contribution in [0.1, 0.15) is 34.0 Å². The Morgan fingerprint density at radius 1 is 1.32 bits per heavy atom. The molecule has 3 rings (SSSR count). The van der Waals surface area contributed by atoms with E-state index in [0.29, 0.717) is 24.2 Å². The first kappa shape index (κ1) is 14.4. The fraction of sp³-hybridized carbons (Fsp3) is 0.211. The van der Waals surface area contributed by atoms with Crippen molar-refractivity contribution in [1.29, 1.82) is 0 Å². The second kappa shape index (κ2) is 6.06. The molecule has 0 saturated heterocycles. The molecule has 0 amide bonds. The summed E-state index contributed by atoms with van der Waals surface area (Å²) >= 11 is 0. The Hall–Kier alpha value is -2.55. The summed E-state index contributed by atoms with van der Waals surface area (Å²) in [7, 11) is 1.62. The lowest BCUT2D eigenvalue weighted by atomic mass is 9.94. The molecule has 0 N–H and O–H groups in total. The van der Waals surface area contributed by atoms with Gasteiger partial charge in [0.1, 0.15) is 17.6 Å². The van der Waals surface area contributed by atoms with E-state index >= 15 is 0 Å². The average Bonchev–Trinajstić information content (AvgIpc) is 2.55. The number of methoxy groups -OCH3 is 1. The predicted octanol–water partition coefficient (Wildman–Crippen LogP) is 4.13. The minimum absolute atomic E-state index is 0.100. The molecule has 0 fully saturated rings. The molecule has 3 nitrogen and oxygen atoms in total. The van der Waals surface area contributed by atoms with Crippen molar-refractivity contribution in [2.24, 2.45) is 0 Å². The Labute approximate surface area is 130 Å². The zero-order valence-electron chi connectivity index (χ0n) is 12.5. The first-order valence-electron chi connectivity index (χ1n) is 7.29. The summed E-state index contributed by atoms with van der Waals surface area (Å²) in [4.78, 5) is 12.5. The van der Waals surface area contributed by atoms with Crippen LogP contribution in [-0.4, -0.2) is 12.9 Å². The molecule has 0 aliphatic carbocycles. The highest BCUT2D eigenvalue weighted by atomic mass is 16.5. The van der Waals surface area contributed by atoms with Crippen molar-refractivity contribution >= 4 is 5.78 Å². The van der Waals surface area contributed by atoms with Crippen LogP contribution in [0.5, 0.6) is 11.5 Å². The van der Waals surface area contributed by atoms with Gasteiger partial charge in [-0.3, -0.25) is 4.79 Å². The number of hydrogen-bond acceptors (Lipinski definition) is 3. The molecule has 3 heteroatoms. The lowest BCUT2D eigenvalue weighted by Gasteiger charge is -2.26. The highest BCUT2D eigenvalue weighted by molar-refractivity contribution is 6.00. The van der Waals surface area contributed by atoms with Gasteiger partial charge in [0.25, 0.3) is 0 Å². The number of ether oxygens (including phenoxy) is 2. The minimum atomic E-state index is -0.240. The van der Waals surface area contributed by atoms with Crippen LogP contribution in [0.4, 0.5) is 0 Å². The Bertz CT molecular complexity index is 704. The first-order chi connectivity index (χ1) is 10.7. The summed E-state index contributed by atoms with van der Waals surface area (Å²) in [6, 6.07) is 13.5. The van der Waals surface area contributed by atoms with Crippen LogP contribution in [0.2, 0.25) is 0 Å². The maximum Gasteiger partial charge on any atom is 0.170 e. The highest BCUT2D eigenvalue weighted by Crippen LogP contribution is 2.38. The largest absolute Gasteiger partial charge is 0.496 e. The Morgan fingerprint density at radius 2 is 2.09 bits per heavy atom. The molecule has 0 saturated carbocycles. The van der Waals surface area contributed by atoms with Gasteiger partial charge in [0.05, 0.1) is 19.1 Å². The molecule has 1 atom stereocenters. The Balaban J connectivity index is 1.99. The summed E-state index contributed by atoms with van der Waals surface area (Å²) in [5.41, 5.74) is 2.59. The van der Waals surface area contributed by atoms with Gasteiger partial charge in [-0.1, -0.05) is 36.4 Å². The van der Waals surface area contributed by atoms with Gasteiger partial charge in [0, 0.05) is 6.07 Å². The van der Waals surface area contributed by atoms with E-state index in [1.54, 1.807) is 19.3 Å². The van der Waals surface area contributed by atoms with Gasteiger partial charge >= 0.3 is 0 Å². The quantitative estimate of drug-likeness (QED) is 0.795. The molecule has 1 heterocycles. The van der Waals surface area contributed by atoms with E-state index in [1.807, 2.05) is 36.4 Å². The van der Waals surface area contributed by atoms with Crippen molar-refractivity contribution in [3.63, 3.8) is 0 Å². The minimum Gasteiger partial charge on any atom is -0.496 e. The third-order valence-electron chi connectivity index (χ3n) is 3.86. The van der Waals surface area contributed by atoms with Gasteiger partial charge in [-0.2, -0.15) is 0 Å². The van der Waals surface area contributed by atoms with E-state index in [9.17, 15) is 4.79 Å². The summed E-state index contributed by atoms with van der Waals surface area (Å²) < 4.78 is 11.4. The third kappa shape index (κ3) is 2.62. The molecule has 22 heavy (non-hydrogen) atoms. The summed E-state index contributed by atoms with van der Waals surface area (Å²) in [5, 5.41) is 0. The van der Waals surface area contributed by atoms with Gasteiger partial charge in [-0.05, 0) is 23.6 Å². The van der Waals surface area contributed by atoms with E-state index in [0.717, 1.165) is 16.9 Å². The predicted molar refractivity (Wildman–Crippen MR) is 85.7 cm³/mol. The van der Waals surface area contributed by atoms with E-state index in [4.69, 9.17) is 9.47 Å². The van der Waals surface area contributed by atoms with Crippen molar-refractivity contribution in [2.45, 2.75) is 18.9 Å². The number of allylic oxidation sites excluding steroid dienone is 1. The number of carbonyl (C=O) groups is 1. The number of fused-ring (bicyclic) bond motifs is 1. The molecule has 0 aromatic heterocycles. The smallest absolute Gasteiger partial charge is 0.170 e. The number of Topliss-reactive ketones (excluding diaryl/α,β-unsaturated/α-hetero) is 1. The van der Waals surface area contributed by atoms with Crippen LogP contribution < -0.4 is 9.47 Å². The number of hydrogen-bond donors (Lipinski definition) is 0. The van der Waals surface area contributed by atoms with Gasteiger partial charge < -0.3 is 9.47 Å². The summed E-state index contributed by atoms with van der Waals surface area (Å²) in [6.45, 7) is 3.74. The molecule has 0 bridgehead atoms.